The molecule has 12 heteroatoms. The van der Waals surface area contributed by atoms with Gasteiger partial charge in [-0.15, -0.1) is 0 Å². The molecule has 0 saturated heterocycles. The number of nitrogens with zero attached hydrogens (tertiary/aromatic N) is 1. The molecule has 4 bridgehead atoms. The number of amides is 4. The number of benzene rings is 1. The van der Waals surface area contributed by atoms with Crippen LogP contribution in [0, 0.1) is 30.6 Å². The minimum atomic E-state index is -1.28. The number of carbonyl (C=O) groups is 5. The first-order chi connectivity index (χ1) is 23.1. The van der Waals surface area contributed by atoms with Gasteiger partial charge in [0.2, 0.25) is 17.6 Å². The third-order valence-corrected chi connectivity index (χ3v) is 10.6. The number of nitrogens with one attached hydrogen (secondary N) is 4. The summed E-state index contributed by atoms with van der Waals surface area (Å²) in [4.78, 5) is 78.4. The molecule has 8 rings (SSSR count). The minimum Gasteiger partial charge on any atom is -0.451 e. The van der Waals surface area contributed by atoms with Gasteiger partial charge in [0, 0.05) is 41.4 Å². The van der Waals surface area contributed by atoms with Gasteiger partial charge in [0.25, 0.3) is 17.4 Å². The largest absolute Gasteiger partial charge is 0.451 e. The molecule has 5 fully saturated rings. The van der Waals surface area contributed by atoms with Crippen molar-refractivity contribution in [1.29, 1.82) is 0 Å². The molecule has 1 atom stereocenters. The first kappa shape index (κ1) is 31.8. The highest BCUT2D eigenvalue weighted by Crippen LogP contribution is 2.53. The molecule has 4 amide bonds. The predicted octanol–water partition coefficient (Wildman–Crippen LogP) is 4.19. The van der Waals surface area contributed by atoms with E-state index < -0.39 is 35.1 Å². The topological polar surface area (TPSA) is 169 Å². The van der Waals surface area contributed by atoms with Gasteiger partial charge < -0.3 is 30.3 Å². The van der Waals surface area contributed by atoms with E-state index in [0.29, 0.717) is 23.0 Å². The van der Waals surface area contributed by atoms with E-state index in [4.69, 9.17) is 4.42 Å². The summed E-state index contributed by atoms with van der Waals surface area (Å²) in [6.45, 7) is 1.54. The standard InChI is InChI=1S/C36H41N5O7.4H2/c1-19-25-5-2-3-7-29(25)48-32(19)35(46)38-26(10-11-28(42)34(45)37-24-8-9-24)33(44)39-27-6-4-12-41(36(27)47)18-30(43)40-31-22-14-20-13-21(16-22)17-23(31)15-20;;;;/h2-7,12,20-24,26,31H,8-11,13-18H2,1H3,(H,37,45)(H,38,46)(H,39,44)(H,40,43);4*1H/t20?,21?,22?,23?,26-,31?;;;;/m0..../s1. The van der Waals surface area contributed by atoms with Crippen molar-refractivity contribution in [2.75, 3.05) is 5.32 Å². The Morgan fingerprint density at radius 3 is 2.33 bits per heavy atom. The van der Waals surface area contributed by atoms with E-state index in [9.17, 15) is 28.8 Å². The van der Waals surface area contributed by atoms with E-state index in [0.717, 1.165) is 55.7 Å². The summed E-state index contributed by atoms with van der Waals surface area (Å²) in [6, 6.07) is 8.97. The van der Waals surface area contributed by atoms with Crippen molar-refractivity contribution >= 4 is 46.1 Å². The number of anilines is 1. The van der Waals surface area contributed by atoms with Gasteiger partial charge >= 0.3 is 0 Å². The molecule has 0 spiro atoms. The van der Waals surface area contributed by atoms with Crippen molar-refractivity contribution in [2.45, 2.75) is 89.4 Å². The van der Waals surface area contributed by atoms with Crippen LogP contribution in [-0.2, 0) is 25.7 Å². The summed E-state index contributed by atoms with van der Waals surface area (Å²) >= 11 is 0. The van der Waals surface area contributed by atoms with Crippen LogP contribution in [0.2, 0.25) is 0 Å². The maximum absolute atomic E-state index is 13.6. The summed E-state index contributed by atoms with van der Waals surface area (Å²) < 4.78 is 7.01. The number of furan rings is 1. The average Bonchev–Trinajstić information content (AvgIpc) is 3.82. The second kappa shape index (κ2) is 13.0. The first-order valence-corrected chi connectivity index (χ1v) is 17.0. The number of para-hydroxylation sites is 1. The van der Waals surface area contributed by atoms with Crippen LogP contribution in [0.15, 0.2) is 51.8 Å². The molecule has 12 nitrogen and oxygen atoms in total. The number of rotatable bonds is 12. The van der Waals surface area contributed by atoms with Gasteiger partial charge in [0.1, 0.15) is 23.9 Å². The summed E-state index contributed by atoms with van der Waals surface area (Å²) in [5.41, 5.74) is 0.427. The molecule has 0 unspecified atom stereocenters. The van der Waals surface area contributed by atoms with E-state index in [-0.39, 0.29) is 54.5 Å². The van der Waals surface area contributed by atoms with Crippen LogP contribution in [0.3, 0.4) is 0 Å². The highest BCUT2D eigenvalue weighted by molar-refractivity contribution is 6.36. The molecule has 2 heterocycles. The Kier molecular flexibility index (Phi) is 8.65. The monoisotopic (exact) mass is 663 g/mol. The van der Waals surface area contributed by atoms with E-state index in [1.807, 2.05) is 12.1 Å². The van der Waals surface area contributed by atoms with Crippen molar-refractivity contribution in [3.8, 4) is 0 Å². The quantitative estimate of drug-likeness (QED) is 0.211. The molecule has 0 radical (unpaired) electrons. The van der Waals surface area contributed by atoms with Crippen molar-refractivity contribution < 1.29 is 34.1 Å². The van der Waals surface area contributed by atoms with E-state index >= 15 is 0 Å². The Bertz CT molecular complexity index is 1830. The zero-order chi connectivity index (χ0) is 33.5. The van der Waals surface area contributed by atoms with Crippen LogP contribution >= 0.6 is 0 Å². The zero-order valence-corrected chi connectivity index (χ0v) is 27.0. The van der Waals surface area contributed by atoms with Crippen molar-refractivity contribution in [3.63, 3.8) is 0 Å². The number of hydrogen-bond donors (Lipinski definition) is 4. The lowest BCUT2D eigenvalue weighted by Gasteiger charge is -2.54. The number of aromatic nitrogens is 1. The average molecular weight is 664 g/mol. The number of pyridine rings is 1. The van der Waals surface area contributed by atoms with Gasteiger partial charge in [0.05, 0.1) is 0 Å². The molecule has 4 N–H and O–H groups in total. The number of aryl methyl sites for hydroxylation is 1. The lowest BCUT2D eigenvalue weighted by Crippen LogP contribution is -2.56. The second-order valence-corrected chi connectivity index (χ2v) is 14.2. The Morgan fingerprint density at radius 2 is 1.65 bits per heavy atom. The highest BCUT2D eigenvalue weighted by Gasteiger charge is 2.48. The number of Topliss-reactive ketones (excluding diaryl/α,β-unsaturated/α-hetero) is 1. The van der Waals surface area contributed by atoms with Gasteiger partial charge in [-0.2, -0.15) is 0 Å². The molecule has 5 aliphatic rings. The lowest BCUT2D eigenvalue weighted by atomic mass is 9.54. The van der Waals surface area contributed by atoms with Gasteiger partial charge in [-0.05, 0) is 100 Å². The third-order valence-electron chi connectivity index (χ3n) is 10.6. The molecular formula is C36H49N5O7. The lowest BCUT2D eigenvalue weighted by molar-refractivity contribution is -0.138. The summed E-state index contributed by atoms with van der Waals surface area (Å²) in [5.74, 6) is -0.548. The third kappa shape index (κ3) is 6.65. The zero-order valence-electron chi connectivity index (χ0n) is 27.0. The second-order valence-electron chi connectivity index (χ2n) is 14.2. The van der Waals surface area contributed by atoms with Crippen molar-refractivity contribution in [1.82, 2.24) is 20.5 Å². The Labute approximate surface area is 283 Å². The van der Waals surface area contributed by atoms with E-state index in [1.54, 1.807) is 25.1 Å². The van der Waals surface area contributed by atoms with Gasteiger partial charge in [-0.3, -0.25) is 28.8 Å². The van der Waals surface area contributed by atoms with Crippen LogP contribution in [-0.4, -0.2) is 52.1 Å². The normalized spacial score (nSPS) is 24.6. The molecule has 5 aliphatic carbocycles. The predicted molar refractivity (Wildman–Crippen MR) is 184 cm³/mol. The fourth-order valence-corrected chi connectivity index (χ4v) is 8.29. The number of carbonyl (C=O) groups excluding carboxylic acids is 5. The van der Waals surface area contributed by atoms with E-state index in [2.05, 4.69) is 21.3 Å². The fraction of sp³-hybridized carbons (Fsp3) is 0.500. The molecule has 5 saturated carbocycles. The maximum atomic E-state index is 13.6. The summed E-state index contributed by atoms with van der Waals surface area (Å²) in [5, 5.41) is 11.8. The Balaban J connectivity index is 0.00000182. The molecular weight excluding hydrogens is 614 g/mol. The molecule has 260 valence electrons. The highest BCUT2D eigenvalue weighted by atomic mass is 16.3. The first-order valence-electron chi connectivity index (χ1n) is 17.0. The Hall–Kier alpha value is -4.74. The number of hydrogen-bond acceptors (Lipinski definition) is 7. The SMILES string of the molecule is Cc1c(C(=O)N[C@@H](CCC(=O)C(=O)NC2CC2)C(=O)Nc2cccn(CC(=O)NC3C4CC5CC(C4)CC3C5)c2=O)oc2ccccc12.[HH].[HH].[HH].[HH]. The van der Waals surface area contributed by atoms with Gasteiger partial charge in [-0.1, -0.05) is 18.2 Å². The summed E-state index contributed by atoms with van der Waals surface area (Å²) in [6.07, 6.45) is 8.57. The Morgan fingerprint density at radius 1 is 0.938 bits per heavy atom. The van der Waals surface area contributed by atoms with Crippen LogP contribution in [0.4, 0.5) is 5.69 Å². The molecule has 2 aromatic heterocycles. The van der Waals surface area contributed by atoms with Gasteiger partial charge in [0.15, 0.2) is 5.76 Å². The summed E-state index contributed by atoms with van der Waals surface area (Å²) in [7, 11) is 0. The van der Waals surface area contributed by atoms with Crippen molar-refractivity contribution in [3.05, 3.63) is 64.3 Å². The number of fused-ring (bicyclic) bond motifs is 1. The molecule has 3 aromatic rings. The molecule has 0 aliphatic heterocycles. The van der Waals surface area contributed by atoms with Crippen LogP contribution < -0.4 is 26.8 Å². The van der Waals surface area contributed by atoms with Crippen LogP contribution in [0.25, 0.3) is 11.0 Å². The fourth-order valence-electron chi connectivity index (χ4n) is 8.29. The van der Waals surface area contributed by atoms with Crippen LogP contribution in [0.5, 0.6) is 0 Å². The maximum Gasteiger partial charge on any atom is 0.287 e. The van der Waals surface area contributed by atoms with Gasteiger partial charge in [-0.25, -0.2) is 0 Å². The number of ketones is 1. The van der Waals surface area contributed by atoms with E-state index in [1.165, 1.54) is 23.3 Å². The van der Waals surface area contributed by atoms with Crippen molar-refractivity contribution in [2.24, 2.45) is 23.7 Å². The van der Waals surface area contributed by atoms with Crippen LogP contribution in [0.1, 0.15) is 79.6 Å². The molecule has 48 heavy (non-hydrogen) atoms. The molecule has 1 aromatic carbocycles. The minimum absolute atomic E-state index is 0. The smallest absolute Gasteiger partial charge is 0.287 e.